The Labute approximate surface area is 137 Å². The standard InChI is InChI=1S/C13H14ClN3O3S2/c1-17-10(11-2-3-12(14)21-11)6-9(16-17)13(18)15-8-4-5-22(19,20)7-8/h2-3,6,8H,4-5,7H2,1H3,(H,15,18). The number of nitrogens with one attached hydrogen (secondary N) is 1. The fraction of sp³-hybridized carbons (Fsp3) is 0.385. The molecule has 2 aromatic rings. The summed E-state index contributed by atoms with van der Waals surface area (Å²) in [6.07, 6.45) is 0.453. The van der Waals surface area contributed by atoms with Crippen LogP contribution in [0.15, 0.2) is 18.2 Å². The van der Waals surface area contributed by atoms with E-state index in [4.69, 9.17) is 11.6 Å². The second-order valence-corrected chi connectivity index (χ2v) is 9.16. The molecule has 0 aromatic carbocycles. The Balaban J connectivity index is 1.77. The molecule has 1 unspecified atom stereocenters. The number of aryl methyl sites for hydroxylation is 1. The minimum atomic E-state index is -3.02. The lowest BCUT2D eigenvalue weighted by atomic mass is 10.2. The van der Waals surface area contributed by atoms with E-state index in [1.807, 2.05) is 6.07 Å². The molecule has 0 radical (unpaired) electrons. The summed E-state index contributed by atoms with van der Waals surface area (Å²) >= 11 is 7.33. The van der Waals surface area contributed by atoms with Crippen molar-refractivity contribution in [2.45, 2.75) is 12.5 Å². The number of nitrogens with zero attached hydrogens (tertiary/aromatic N) is 2. The number of halogens is 1. The molecule has 1 amide bonds. The first kappa shape index (κ1) is 15.5. The van der Waals surface area contributed by atoms with Crippen LogP contribution < -0.4 is 5.32 Å². The summed E-state index contributed by atoms with van der Waals surface area (Å²) in [5.41, 5.74) is 1.06. The zero-order valence-electron chi connectivity index (χ0n) is 11.7. The maximum atomic E-state index is 12.2. The number of hydrogen-bond acceptors (Lipinski definition) is 5. The summed E-state index contributed by atoms with van der Waals surface area (Å²) in [5, 5.41) is 6.92. The molecule has 1 aliphatic rings. The van der Waals surface area contributed by atoms with E-state index >= 15 is 0 Å². The summed E-state index contributed by atoms with van der Waals surface area (Å²) in [6, 6.07) is 5.01. The summed E-state index contributed by atoms with van der Waals surface area (Å²) in [7, 11) is -1.27. The highest BCUT2D eigenvalue weighted by Crippen LogP contribution is 2.31. The molecule has 3 heterocycles. The van der Waals surface area contributed by atoms with Crippen LogP contribution in [0.2, 0.25) is 4.34 Å². The van der Waals surface area contributed by atoms with E-state index < -0.39 is 9.84 Å². The number of amides is 1. The first-order valence-electron chi connectivity index (χ1n) is 6.65. The van der Waals surface area contributed by atoms with Crippen LogP contribution in [0.1, 0.15) is 16.9 Å². The Bertz CT molecular complexity index is 825. The molecule has 1 atom stereocenters. The van der Waals surface area contributed by atoms with E-state index in [0.717, 1.165) is 10.6 Å². The highest BCUT2D eigenvalue weighted by Gasteiger charge is 2.29. The maximum absolute atomic E-state index is 12.2. The highest BCUT2D eigenvalue weighted by atomic mass is 35.5. The summed E-state index contributed by atoms with van der Waals surface area (Å²) in [4.78, 5) is 13.1. The fourth-order valence-corrected chi connectivity index (χ4v) is 5.19. The van der Waals surface area contributed by atoms with Crippen LogP contribution in [0.5, 0.6) is 0 Å². The summed E-state index contributed by atoms with van der Waals surface area (Å²) < 4.78 is 25.1. The van der Waals surface area contributed by atoms with Crippen LogP contribution in [-0.2, 0) is 16.9 Å². The lowest BCUT2D eigenvalue weighted by molar-refractivity contribution is 0.0935. The largest absolute Gasteiger partial charge is 0.347 e. The Kier molecular flexibility index (Phi) is 4.00. The van der Waals surface area contributed by atoms with Gasteiger partial charge in [-0.25, -0.2) is 8.42 Å². The Morgan fingerprint density at radius 1 is 1.50 bits per heavy atom. The van der Waals surface area contributed by atoms with Crippen LogP contribution in [0.4, 0.5) is 0 Å². The Hall–Kier alpha value is -1.38. The van der Waals surface area contributed by atoms with Crippen molar-refractivity contribution in [2.24, 2.45) is 7.05 Å². The van der Waals surface area contributed by atoms with Crippen molar-refractivity contribution in [2.75, 3.05) is 11.5 Å². The van der Waals surface area contributed by atoms with Crippen molar-refractivity contribution in [3.63, 3.8) is 0 Å². The number of hydrogen-bond donors (Lipinski definition) is 1. The quantitative estimate of drug-likeness (QED) is 0.904. The molecule has 118 valence electrons. The minimum Gasteiger partial charge on any atom is -0.347 e. The smallest absolute Gasteiger partial charge is 0.272 e. The van der Waals surface area contributed by atoms with Crippen molar-refractivity contribution >= 4 is 38.7 Å². The van der Waals surface area contributed by atoms with Crippen molar-refractivity contribution in [3.8, 4) is 10.6 Å². The molecule has 0 saturated carbocycles. The number of rotatable bonds is 3. The van der Waals surface area contributed by atoms with Crippen molar-refractivity contribution < 1.29 is 13.2 Å². The van der Waals surface area contributed by atoms with E-state index in [2.05, 4.69) is 10.4 Å². The Morgan fingerprint density at radius 3 is 2.86 bits per heavy atom. The third-order valence-corrected chi connectivity index (χ3v) is 6.53. The highest BCUT2D eigenvalue weighted by molar-refractivity contribution is 7.91. The van der Waals surface area contributed by atoms with Gasteiger partial charge in [0.25, 0.3) is 5.91 Å². The molecule has 9 heteroatoms. The molecular formula is C13H14ClN3O3S2. The molecule has 0 aliphatic carbocycles. The van der Waals surface area contributed by atoms with Gasteiger partial charge < -0.3 is 5.32 Å². The van der Waals surface area contributed by atoms with E-state index in [0.29, 0.717) is 10.8 Å². The van der Waals surface area contributed by atoms with Crippen LogP contribution in [-0.4, -0.2) is 41.7 Å². The number of sulfone groups is 1. The van der Waals surface area contributed by atoms with Gasteiger partial charge in [0.15, 0.2) is 15.5 Å². The maximum Gasteiger partial charge on any atom is 0.272 e. The monoisotopic (exact) mass is 359 g/mol. The second-order valence-electron chi connectivity index (χ2n) is 5.22. The van der Waals surface area contributed by atoms with Gasteiger partial charge in [-0.05, 0) is 24.6 Å². The topological polar surface area (TPSA) is 81.1 Å². The summed E-state index contributed by atoms with van der Waals surface area (Å²) in [6.45, 7) is 0. The van der Waals surface area contributed by atoms with Gasteiger partial charge in [-0.1, -0.05) is 11.6 Å². The van der Waals surface area contributed by atoms with Crippen LogP contribution in [0.25, 0.3) is 10.6 Å². The zero-order chi connectivity index (χ0) is 15.9. The van der Waals surface area contributed by atoms with Crippen LogP contribution >= 0.6 is 22.9 Å². The van der Waals surface area contributed by atoms with Gasteiger partial charge in [0.1, 0.15) is 0 Å². The molecule has 2 aromatic heterocycles. The van der Waals surface area contributed by atoms with Gasteiger partial charge in [-0.3, -0.25) is 9.48 Å². The van der Waals surface area contributed by atoms with E-state index in [9.17, 15) is 13.2 Å². The molecule has 1 aliphatic heterocycles. The average molecular weight is 360 g/mol. The van der Waals surface area contributed by atoms with Crippen LogP contribution in [0, 0.1) is 0 Å². The lowest BCUT2D eigenvalue weighted by Crippen LogP contribution is -2.35. The predicted molar refractivity (Wildman–Crippen MR) is 86.1 cm³/mol. The van der Waals surface area contributed by atoms with Crippen LogP contribution in [0.3, 0.4) is 0 Å². The molecule has 1 N–H and O–H groups in total. The SMILES string of the molecule is Cn1nc(C(=O)NC2CCS(=O)(=O)C2)cc1-c1ccc(Cl)s1. The van der Waals surface area contributed by atoms with Gasteiger partial charge in [0, 0.05) is 13.1 Å². The summed E-state index contributed by atoms with van der Waals surface area (Å²) in [5.74, 6) is -0.232. The number of carbonyl (C=O) groups excluding carboxylic acids is 1. The average Bonchev–Trinajstić information content (AvgIpc) is 3.09. The third-order valence-electron chi connectivity index (χ3n) is 3.51. The zero-order valence-corrected chi connectivity index (χ0v) is 14.1. The Morgan fingerprint density at radius 2 is 2.27 bits per heavy atom. The van der Waals surface area contributed by atoms with Gasteiger partial charge in [-0.15, -0.1) is 11.3 Å². The number of aromatic nitrogens is 2. The van der Waals surface area contributed by atoms with Crippen molar-refractivity contribution in [1.82, 2.24) is 15.1 Å². The fourth-order valence-electron chi connectivity index (χ4n) is 2.43. The minimum absolute atomic E-state index is 0.00103. The van der Waals surface area contributed by atoms with E-state index in [1.54, 1.807) is 23.9 Å². The molecule has 22 heavy (non-hydrogen) atoms. The van der Waals surface area contributed by atoms with Gasteiger partial charge in [0.05, 0.1) is 26.4 Å². The molecule has 6 nitrogen and oxygen atoms in total. The van der Waals surface area contributed by atoms with E-state index in [-0.39, 0.29) is 29.1 Å². The van der Waals surface area contributed by atoms with Gasteiger partial charge >= 0.3 is 0 Å². The van der Waals surface area contributed by atoms with E-state index in [1.165, 1.54) is 11.3 Å². The normalized spacial score (nSPS) is 20.2. The van der Waals surface area contributed by atoms with Gasteiger partial charge in [0.2, 0.25) is 0 Å². The molecule has 1 saturated heterocycles. The predicted octanol–water partition coefficient (Wildman–Crippen LogP) is 1.72. The molecule has 0 bridgehead atoms. The van der Waals surface area contributed by atoms with Crippen molar-refractivity contribution in [3.05, 3.63) is 28.2 Å². The molecule has 3 rings (SSSR count). The second kappa shape index (κ2) is 5.68. The molecule has 1 fully saturated rings. The number of thiophene rings is 1. The molecular weight excluding hydrogens is 346 g/mol. The van der Waals surface area contributed by atoms with Gasteiger partial charge in [-0.2, -0.15) is 5.10 Å². The molecule has 0 spiro atoms. The third kappa shape index (κ3) is 3.18. The first-order valence-corrected chi connectivity index (χ1v) is 9.67. The van der Waals surface area contributed by atoms with Crippen molar-refractivity contribution in [1.29, 1.82) is 0 Å². The lowest BCUT2D eigenvalue weighted by Gasteiger charge is -2.08. The first-order chi connectivity index (χ1) is 10.3. The number of carbonyl (C=O) groups is 1.